The molecule has 3 N–H and O–H groups in total. The molecule has 1 amide bonds. The molecule has 0 aromatic carbocycles. The quantitative estimate of drug-likeness (QED) is 0.0524. The smallest absolute Gasteiger partial charge is 0.462 e. The average Bonchev–Trinajstić information content (AvgIpc) is 2.89. The molecule has 0 saturated heterocycles. The van der Waals surface area contributed by atoms with E-state index in [-0.39, 0.29) is 25.4 Å². The lowest BCUT2D eigenvalue weighted by Crippen LogP contribution is -2.29. The van der Waals surface area contributed by atoms with Crippen molar-refractivity contribution in [2.24, 2.45) is 0 Å². The Hall–Kier alpha value is -1.48. The van der Waals surface area contributed by atoms with Gasteiger partial charge in [-0.3, -0.25) is 18.9 Å². The van der Waals surface area contributed by atoms with Crippen LogP contribution in [0.4, 0.5) is 0 Å². The summed E-state index contributed by atoms with van der Waals surface area (Å²) in [7, 11) is -4.75. The number of amides is 1. The molecular weight excluding hydrogens is 537 g/mol. The summed E-state index contributed by atoms with van der Waals surface area (Å²) in [5.41, 5.74) is 0. The van der Waals surface area contributed by atoms with E-state index in [1.807, 2.05) is 0 Å². The molecular formula is C29H56NO9P. The number of esters is 2. The number of phosphoric acid groups is 1. The summed E-state index contributed by atoms with van der Waals surface area (Å²) in [5.74, 6) is -0.915. The van der Waals surface area contributed by atoms with Crippen molar-refractivity contribution in [3.63, 3.8) is 0 Å². The van der Waals surface area contributed by atoms with Crippen molar-refractivity contribution in [3.05, 3.63) is 0 Å². The summed E-state index contributed by atoms with van der Waals surface area (Å²) in [5, 5.41) is 2.80. The summed E-state index contributed by atoms with van der Waals surface area (Å²) in [6, 6.07) is 0. The first-order valence-electron chi connectivity index (χ1n) is 15.4. The number of carbonyl (C=O) groups is 3. The summed E-state index contributed by atoms with van der Waals surface area (Å²) < 4.78 is 26.0. The van der Waals surface area contributed by atoms with Crippen LogP contribution in [0.3, 0.4) is 0 Å². The minimum atomic E-state index is -4.75. The van der Waals surface area contributed by atoms with E-state index < -0.39 is 32.5 Å². The van der Waals surface area contributed by atoms with Gasteiger partial charge in [-0.25, -0.2) is 4.57 Å². The van der Waals surface area contributed by atoms with Crippen molar-refractivity contribution in [2.45, 2.75) is 148 Å². The van der Waals surface area contributed by atoms with E-state index in [1.165, 1.54) is 39.0 Å². The van der Waals surface area contributed by atoms with Crippen molar-refractivity contribution >= 4 is 25.7 Å². The van der Waals surface area contributed by atoms with E-state index >= 15 is 0 Å². The number of hydrogen-bond acceptors (Lipinski definition) is 7. The van der Waals surface area contributed by atoms with Crippen LogP contribution in [-0.2, 0) is 32.9 Å². The first-order valence-corrected chi connectivity index (χ1v) is 17.0. The Labute approximate surface area is 241 Å². The second-order valence-corrected chi connectivity index (χ2v) is 11.8. The Bertz CT molecular complexity index is 699. The third-order valence-electron chi connectivity index (χ3n) is 6.57. The first kappa shape index (κ1) is 38.5. The number of nitrogens with one attached hydrogen (secondary N) is 1. The molecule has 0 fully saturated rings. The van der Waals surface area contributed by atoms with Crippen LogP contribution in [0.1, 0.15) is 142 Å². The zero-order valence-corrected chi connectivity index (χ0v) is 25.9. The summed E-state index contributed by atoms with van der Waals surface area (Å²) >= 11 is 0. The molecule has 0 aliphatic heterocycles. The van der Waals surface area contributed by atoms with Crippen LogP contribution in [0.25, 0.3) is 0 Å². The molecule has 0 unspecified atom stereocenters. The van der Waals surface area contributed by atoms with Crippen molar-refractivity contribution in [3.8, 4) is 0 Å². The molecule has 0 radical (unpaired) electrons. The Kier molecular flexibility index (Phi) is 25.4. The molecule has 1 atom stereocenters. The first-order chi connectivity index (χ1) is 19.1. The predicted octanol–water partition coefficient (Wildman–Crippen LogP) is 6.51. The van der Waals surface area contributed by atoms with E-state index in [0.717, 1.165) is 77.2 Å². The number of rotatable bonds is 28. The highest BCUT2D eigenvalue weighted by atomic mass is 31.2. The van der Waals surface area contributed by atoms with Crippen LogP contribution in [0.2, 0.25) is 0 Å². The molecule has 0 heterocycles. The molecule has 0 spiro atoms. The van der Waals surface area contributed by atoms with Gasteiger partial charge >= 0.3 is 19.8 Å². The standard InChI is InChI=1S/C29H56NO9P/c1-3-4-5-6-7-9-13-16-19-22-29(33)39-27(25-38-40(34,35)36)24-37-28(32)21-18-15-12-10-8-11-14-17-20-23-30-26(2)31/h27H,3-25H2,1-2H3,(H,30,31)(H2,34,35,36)/t27-/m1/s1. The molecule has 11 heteroatoms. The van der Waals surface area contributed by atoms with Gasteiger partial charge < -0.3 is 24.6 Å². The van der Waals surface area contributed by atoms with Gasteiger partial charge in [0.1, 0.15) is 6.61 Å². The molecule has 0 rings (SSSR count). The van der Waals surface area contributed by atoms with E-state index in [2.05, 4.69) is 16.8 Å². The largest absolute Gasteiger partial charge is 0.469 e. The van der Waals surface area contributed by atoms with Crippen LogP contribution < -0.4 is 5.32 Å². The Morgan fingerprint density at radius 2 is 1.12 bits per heavy atom. The molecule has 236 valence electrons. The minimum absolute atomic E-state index is 0.0145. The van der Waals surface area contributed by atoms with E-state index in [1.54, 1.807) is 0 Å². The summed E-state index contributed by atoms with van der Waals surface area (Å²) in [4.78, 5) is 53.1. The minimum Gasteiger partial charge on any atom is -0.462 e. The lowest BCUT2D eigenvalue weighted by Gasteiger charge is -2.18. The number of unbranched alkanes of at least 4 members (excludes halogenated alkanes) is 16. The normalized spacial score (nSPS) is 12.2. The molecule has 0 aromatic heterocycles. The highest BCUT2D eigenvalue weighted by Gasteiger charge is 2.22. The van der Waals surface area contributed by atoms with Crippen LogP contribution >= 0.6 is 7.82 Å². The van der Waals surface area contributed by atoms with E-state index in [9.17, 15) is 18.9 Å². The maximum Gasteiger partial charge on any atom is 0.469 e. The van der Waals surface area contributed by atoms with Gasteiger partial charge in [0.25, 0.3) is 0 Å². The average molecular weight is 594 g/mol. The molecule has 40 heavy (non-hydrogen) atoms. The zero-order chi connectivity index (χ0) is 29.9. The lowest BCUT2D eigenvalue weighted by atomic mass is 10.1. The number of carbonyl (C=O) groups excluding carboxylic acids is 3. The van der Waals surface area contributed by atoms with Gasteiger partial charge in [0.15, 0.2) is 6.10 Å². The second-order valence-electron chi connectivity index (χ2n) is 10.6. The van der Waals surface area contributed by atoms with Gasteiger partial charge in [-0.2, -0.15) is 0 Å². The highest BCUT2D eigenvalue weighted by Crippen LogP contribution is 2.35. The fraction of sp³-hybridized carbons (Fsp3) is 0.897. The monoisotopic (exact) mass is 593 g/mol. The highest BCUT2D eigenvalue weighted by molar-refractivity contribution is 7.46. The van der Waals surface area contributed by atoms with Gasteiger partial charge in [0, 0.05) is 26.3 Å². The Morgan fingerprint density at radius 1 is 0.675 bits per heavy atom. The van der Waals surface area contributed by atoms with Gasteiger partial charge in [-0.05, 0) is 19.3 Å². The van der Waals surface area contributed by atoms with Crippen molar-refractivity contribution in [1.29, 1.82) is 0 Å². The van der Waals surface area contributed by atoms with E-state index in [0.29, 0.717) is 12.8 Å². The zero-order valence-electron chi connectivity index (χ0n) is 25.0. The summed E-state index contributed by atoms with van der Waals surface area (Å²) in [6.07, 6.45) is 18.8. The molecule has 0 bridgehead atoms. The van der Waals surface area contributed by atoms with Crippen LogP contribution in [0.5, 0.6) is 0 Å². The van der Waals surface area contributed by atoms with Gasteiger partial charge in [-0.15, -0.1) is 0 Å². The maximum atomic E-state index is 12.2. The molecule has 0 aromatic rings. The topological polar surface area (TPSA) is 148 Å². The molecule has 0 saturated carbocycles. The van der Waals surface area contributed by atoms with Crippen molar-refractivity contribution in [2.75, 3.05) is 19.8 Å². The summed E-state index contributed by atoms with van der Waals surface area (Å²) in [6.45, 7) is 3.61. The van der Waals surface area contributed by atoms with Crippen LogP contribution in [0.15, 0.2) is 0 Å². The fourth-order valence-electron chi connectivity index (χ4n) is 4.28. The van der Waals surface area contributed by atoms with Crippen molar-refractivity contribution in [1.82, 2.24) is 5.32 Å². The molecule has 0 aliphatic rings. The van der Waals surface area contributed by atoms with Crippen LogP contribution in [-0.4, -0.2) is 53.5 Å². The fourth-order valence-corrected chi connectivity index (χ4v) is 4.64. The Morgan fingerprint density at radius 3 is 1.60 bits per heavy atom. The maximum absolute atomic E-state index is 12.2. The molecule has 0 aliphatic carbocycles. The van der Waals surface area contributed by atoms with Gasteiger partial charge in [0.05, 0.1) is 6.61 Å². The third-order valence-corrected chi connectivity index (χ3v) is 7.06. The van der Waals surface area contributed by atoms with Gasteiger partial charge in [-0.1, -0.05) is 103 Å². The third kappa shape index (κ3) is 29.5. The van der Waals surface area contributed by atoms with Crippen molar-refractivity contribution < 1.29 is 42.7 Å². The van der Waals surface area contributed by atoms with Crippen LogP contribution in [0, 0.1) is 0 Å². The SMILES string of the molecule is CCCCCCCCCCCC(=O)O[C@H](COC(=O)CCCCCCCCCCCNC(C)=O)COP(=O)(O)O. The number of ether oxygens (including phenoxy) is 2. The number of hydrogen-bond donors (Lipinski definition) is 3. The lowest BCUT2D eigenvalue weighted by molar-refractivity contribution is -0.161. The predicted molar refractivity (Wildman–Crippen MR) is 156 cm³/mol. The second kappa shape index (κ2) is 26.4. The van der Waals surface area contributed by atoms with E-state index in [4.69, 9.17) is 19.3 Å². The van der Waals surface area contributed by atoms with Gasteiger partial charge in [0.2, 0.25) is 5.91 Å². The number of phosphoric ester groups is 1. The molecule has 10 nitrogen and oxygen atoms in total. The Balaban J connectivity index is 4.00.